The molecule has 0 amide bonds. The second kappa shape index (κ2) is 3.26. The zero-order valence-electron chi connectivity index (χ0n) is 9.50. The van der Waals surface area contributed by atoms with E-state index in [4.69, 9.17) is 0 Å². The van der Waals surface area contributed by atoms with E-state index < -0.39 is 0 Å². The number of rotatable bonds is 0. The lowest BCUT2D eigenvalue weighted by molar-refractivity contribution is 0.312. The molecule has 1 fully saturated rings. The second-order valence-electron chi connectivity index (χ2n) is 5.21. The fourth-order valence-electron chi connectivity index (χ4n) is 3.54. The number of para-hydroxylation sites is 1. The van der Waals surface area contributed by atoms with Crippen LogP contribution in [-0.2, 0) is 5.41 Å². The van der Waals surface area contributed by atoms with Crippen molar-refractivity contribution >= 4 is 5.69 Å². The Balaban J connectivity index is 2.06. The predicted octanol–water partition coefficient (Wildman–Crippen LogP) is 3.34. The minimum absolute atomic E-state index is 0.504. The molecule has 1 saturated carbocycles. The molecule has 1 spiro atoms. The van der Waals surface area contributed by atoms with E-state index in [0.29, 0.717) is 5.41 Å². The zero-order valence-corrected chi connectivity index (χ0v) is 9.50. The molecule has 0 radical (unpaired) electrons. The minimum atomic E-state index is 0.504. The van der Waals surface area contributed by atoms with E-state index in [-0.39, 0.29) is 0 Å². The van der Waals surface area contributed by atoms with Gasteiger partial charge in [-0.15, -0.1) is 0 Å². The van der Waals surface area contributed by atoms with Crippen LogP contribution in [0.2, 0.25) is 0 Å². The SMILES string of the molecule is CN1CC2(CCCCC2)c2ccccc21. The Morgan fingerprint density at radius 2 is 1.80 bits per heavy atom. The van der Waals surface area contributed by atoms with E-state index in [1.54, 1.807) is 5.56 Å². The molecule has 1 aliphatic heterocycles. The van der Waals surface area contributed by atoms with E-state index in [2.05, 4.69) is 36.2 Å². The van der Waals surface area contributed by atoms with Crippen molar-refractivity contribution in [3.05, 3.63) is 29.8 Å². The number of benzene rings is 1. The van der Waals surface area contributed by atoms with Crippen LogP contribution in [0.3, 0.4) is 0 Å². The average molecular weight is 201 g/mol. The number of likely N-dealkylation sites (N-methyl/N-ethyl adjacent to an activating group) is 1. The molecule has 0 unspecified atom stereocenters. The molecule has 0 N–H and O–H groups in total. The van der Waals surface area contributed by atoms with Crippen molar-refractivity contribution in [2.45, 2.75) is 37.5 Å². The smallest absolute Gasteiger partial charge is 0.0402 e. The highest BCUT2D eigenvalue weighted by Crippen LogP contribution is 2.48. The van der Waals surface area contributed by atoms with Crippen LogP contribution >= 0.6 is 0 Å². The fourth-order valence-corrected chi connectivity index (χ4v) is 3.54. The van der Waals surface area contributed by atoms with Gasteiger partial charge in [-0.3, -0.25) is 0 Å². The maximum absolute atomic E-state index is 2.45. The third-order valence-electron chi connectivity index (χ3n) is 4.24. The third-order valence-corrected chi connectivity index (χ3v) is 4.24. The van der Waals surface area contributed by atoms with Gasteiger partial charge < -0.3 is 4.90 Å². The van der Waals surface area contributed by atoms with Crippen LogP contribution in [0.5, 0.6) is 0 Å². The molecule has 0 bridgehead atoms. The average Bonchev–Trinajstić information content (AvgIpc) is 2.55. The second-order valence-corrected chi connectivity index (χ2v) is 5.21. The minimum Gasteiger partial charge on any atom is -0.373 e. The molecule has 1 heteroatoms. The molecule has 1 nitrogen and oxygen atoms in total. The van der Waals surface area contributed by atoms with Crippen LogP contribution in [0, 0.1) is 0 Å². The molecule has 0 aromatic heterocycles. The summed E-state index contributed by atoms with van der Waals surface area (Å²) in [6.45, 7) is 1.24. The Bertz CT molecular complexity index is 363. The Morgan fingerprint density at radius 3 is 2.60 bits per heavy atom. The van der Waals surface area contributed by atoms with Crippen LogP contribution < -0.4 is 4.90 Å². The van der Waals surface area contributed by atoms with Crippen LogP contribution in [0.1, 0.15) is 37.7 Å². The molecule has 15 heavy (non-hydrogen) atoms. The van der Waals surface area contributed by atoms with Crippen molar-refractivity contribution in [2.75, 3.05) is 18.5 Å². The van der Waals surface area contributed by atoms with E-state index in [9.17, 15) is 0 Å². The molecular weight excluding hydrogens is 182 g/mol. The van der Waals surface area contributed by atoms with Gasteiger partial charge >= 0.3 is 0 Å². The van der Waals surface area contributed by atoms with Gasteiger partial charge in [0.1, 0.15) is 0 Å². The molecule has 0 saturated heterocycles. The predicted molar refractivity (Wildman–Crippen MR) is 64.5 cm³/mol. The topological polar surface area (TPSA) is 3.24 Å². The van der Waals surface area contributed by atoms with Crippen LogP contribution in [0.4, 0.5) is 5.69 Å². The van der Waals surface area contributed by atoms with E-state index in [0.717, 1.165) is 0 Å². The summed E-state index contributed by atoms with van der Waals surface area (Å²) in [6, 6.07) is 8.99. The molecule has 80 valence electrons. The quantitative estimate of drug-likeness (QED) is 0.622. The first-order valence-electron chi connectivity index (χ1n) is 6.13. The van der Waals surface area contributed by atoms with E-state index in [1.807, 2.05) is 0 Å². The maximum Gasteiger partial charge on any atom is 0.0402 e. The van der Waals surface area contributed by atoms with Crippen LogP contribution in [-0.4, -0.2) is 13.6 Å². The highest BCUT2D eigenvalue weighted by molar-refractivity contribution is 5.62. The summed E-state index contributed by atoms with van der Waals surface area (Å²) in [6.07, 6.45) is 7.07. The maximum atomic E-state index is 2.45. The normalized spacial score (nSPS) is 23.1. The number of hydrogen-bond acceptors (Lipinski definition) is 1. The Morgan fingerprint density at radius 1 is 1.07 bits per heavy atom. The summed E-state index contributed by atoms with van der Waals surface area (Å²) >= 11 is 0. The Kier molecular flexibility index (Phi) is 2.01. The summed E-state index contributed by atoms with van der Waals surface area (Å²) in [5.74, 6) is 0. The summed E-state index contributed by atoms with van der Waals surface area (Å²) in [5.41, 5.74) is 3.59. The number of hydrogen-bond donors (Lipinski definition) is 0. The van der Waals surface area contributed by atoms with E-state index >= 15 is 0 Å². The van der Waals surface area contributed by atoms with Crippen molar-refractivity contribution in [3.8, 4) is 0 Å². The lowest BCUT2D eigenvalue weighted by Crippen LogP contribution is -2.33. The van der Waals surface area contributed by atoms with Crippen molar-refractivity contribution in [1.29, 1.82) is 0 Å². The van der Waals surface area contributed by atoms with E-state index in [1.165, 1.54) is 44.3 Å². The van der Waals surface area contributed by atoms with Gasteiger partial charge in [-0.25, -0.2) is 0 Å². The first kappa shape index (κ1) is 9.26. The molecule has 2 aliphatic rings. The lowest BCUT2D eigenvalue weighted by atomic mass is 9.71. The fraction of sp³-hybridized carbons (Fsp3) is 0.571. The van der Waals surface area contributed by atoms with Crippen molar-refractivity contribution in [1.82, 2.24) is 0 Å². The molecule has 0 atom stereocenters. The van der Waals surface area contributed by atoms with Gasteiger partial charge in [-0.05, 0) is 24.5 Å². The molecular formula is C14H19N. The molecule has 3 rings (SSSR count). The summed E-state index contributed by atoms with van der Waals surface area (Å²) in [5, 5.41) is 0. The van der Waals surface area contributed by atoms with Crippen LogP contribution in [0.15, 0.2) is 24.3 Å². The Hall–Kier alpha value is -0.980. The zero-order chi connectivity index (χ0) is 10.3. The number of anilines is 1. The van der Waals surface area contributed by atoms with Gasteiger partial charge in [0, 0.05) is 24.7 Å². The van der Waals surface area contributed by atoms with Gasteiger partial charge in [-0.2, -0.15) is 0 Å². The van der Waals surface area contributed by atoms with Gasteiger partial charge in [0.25, 0.3) is 0 Å². The third kappa shape index (κ3) is 1.29. The summed E-state index contributed by atoms with van der Waals surface area (Å²) in [4.78, 5) is 2.45. The van der Waals surface area contributed by atoms with Crippen LogP contribution in [0.25, 0.3) is 0 Å². The van der Waals surface area contributed by atoms with Gasteiger partial charge in [-0.1, -0.05) is 37.5 Å². The van der Waals surface area contributed by atoms with Gasteiger partial charge in [0.2, 0.25) is 0 Å². The standard InChI is InChI=1S/C14H19N/c1-15-11-14(9-5-2-6-10-14)12-7-3-4-8-13(12)15/h3-4,7-8H,2,5-6,9-11H2,1H3. The molecule has 1 aromatic rings. The summed E-state index contributed by atoms with van der Waals surface area (Å²) < 4.78 is 0. The number of fused-ring (bicyclic) bond motifs is 2. The first-order valence-corrected chi connectivity index (χ1v) is 6.13. The first-order chi connectivity index (χ1) is 7.32. The molecule has 1 heterocycles. The van der Waals surface area contributed by atoms with Crippen molar-refractivity contribution < 1.29 is 0 Å². The highest BCUT2D eigenvalue weighted by atomic mass is 15.1. The molecule has 1 aromatic carbocycles. The van der Waals surface area contributed by atoms with Gasteiger partial charge in [0.15, 0.2) is 0 Å². The van der Waals surface area contributed by atoms with Gasteiger partial charge in [0.05, 0.1) is 0 Å². The monoisotopic (exact) mass is 201 g/mol. The van der Waals surface area contributed by atoms with Crippen molar-refractivity contribution in [3.63, 3.8) is 0 Å². The van der Waals surface area contributed by atoms with Crippen molar-refractivity contribution in [2.24, 2.45) is 0 Å². The largest absolute Gasteiger partial charge is 0.373 e. The molecule has 1 aliphatic carbocycles. The summed E-state index contributed by atoms with van der Waals surface area (Å²) in [7, 11) is 2.24. The highest BCUT2D eigenvalue weighted by Gasteiger charge is 2.41. The lowest BCUT2D eigenvalue weighted by Gasteiger charge is -2.34. The number of nitrogens with zero attached hydrogens (tertiary/aromatic N) is 1. The Labute approximate surface area is 92.1 Å².